The molecule has 17 heavy (non-hydrogen) atoms. The van der Waals surface area contributed by atoms with Crippen molar-refractivity contribution in [1.82, 2.24) is 0 Å². The summed E-state index contributed by atoms with van der Waals surface area (Å²) in [6, 6.07) is 9.80. The number of hydrogen-bond donors (Lipinski definition) is 1. The van der Waals surface area contributed by atoms with Gasteiger partial charge < -0.3 is 5.32 Å². The Labute approximate surface area is 106 Å². The van der Waals surface area contributed by atoms with Crippen molar-refractivity contribution in [3.63, 3.8) is 0 Å². The summed E-state index contributed by atoms with van der Waals surface area (Å²) < 4.78 is 0. The number of hydrogen-bond acceptors (Lipinski definition) is 0. The van der Waals surface area contributed by atoms with E-state index in [0.29, 0.717) is 0 Å². The fourth-order valence-electron chi connectivity index (χ4n) is 2.97. The lowest BCUT2D eigenvalue weighted by Crippen LogP contribution is -2.90. The van der Waals surface area contributed by atoms with Gasteiger partial charge in [0.15, 0.2) is 0 Å². The van der Waals surface area contributed by atoms with Crippen molar-refractivity contribution in [2.75, 3.05) is 0 Å². The number of rotatable bonds is 3. The summed E-state index contributed by atoms with van der Waals surface area (Å²) in [5.41, 5.74) is 2.81. The Bertz CT molecular complexity index is 341. The van der Waals surface area contributed by atoms with Crippen LogP contribution >= 0.6 is 0 Å². The van der Waals surface area contributed by atoms with E-state index in [-0.39, 0.29) is 0 Å². The Kier molecular flexibility index (Phi) is 4.22. The molecule has 0 unspecified atom stereocenters. The van der Waals surface area contributed by atoms with E-state index in [2.05, 4.69) is 50.4 Å². The average molecular weight is 232 g/mol. The minimum atomic E-state index is 0.833. The molecule has 1 aliphatic carbocycles. The van der Waals surface area contributed by atoms with Crippen LogP contribution in [0.25, 0.3) is 0 Å². The molecule has 0 saturated heterocycles. The first-order valence-electron chi connectivity index (χ1n) is 7.05. The standard InChI is InChI=1S/C16H25N/c1-12-7-9-15(10-8-12)11-17-16-6-4-5-13(2)14(16)3/h7-10,13-14,16-17H,4-6,11H2,1-3H3/p+1/t13-,14+,16-/m1/s1. The van der Waals surface area contributed by atoms with Crippen molar-refractivity contribution in [2.24, 2.45) is 11.8 Å². The first-order valence-corrected chi connectivity index (χ1v) is 7.05. The summed E-state index contributed by atoms with van der Waals surface area (Å²) in [5, 5.41) is 2.56. The number of quaternary nitrogens is 1. The molecular weight excluding hydrogens is 206 g/mol. The van der Waals surface area contributed by atoms with E-state index in [0.717, 1.165) is 24.4 Å². The quantitative estimate of drug-likeness (QED) is 0.825. The zero-order chi connectivity index (χ0) is 12.3. The monoisotopic (exact) mass is 232 g/mol. The van der Waals surface area contributed by atoms with Crippen molar-refractivity contribution in [2.45, 2.75) is 52.6 Å². The molecule has 0 amide bonds. The summed E-state index contributed by atoms with van der Waals surface area (Å²) in [4.78, 5) is 0. The van der Waals surface area contributed by atoms with Gasteiger partial charge in [0, 0.05) is 11.5 Å². The molecular formula is C16H26N+. The third kappa shape index (κ3) is 3.32. The van der Waals surface area contributed by atoms with Crippen LogP contribution in [0.5, 0.6) is 0 Å². The van der Waals surface area contributed by atoms with Crippen molar-refractivity contribution in [1.29, 1.82) is 0 Å². The second-order valence-electron chi connectivity index (χ2n) is 5.86. The summed E-state index contributed by atoms with van der Waals surface area (Å²) >= 11 is 0. The summed E-state index contributed by atoms with van der Waals surface area (Å²) in [6.07, 6.45) is 4.24. The Hall–Kier alpha value is -0.820. The molecule has 0 radical (unpaired) electrons. The fraction of sp³-hybridized carbons (Fsp3) is 0.625. The predicted octanol–water partition coefficient (Wildman–Crippen LogP) is 2.88. The molecule has 0 aromatic heterocycles. The van der Waals surface area contributed by atoms with E-state index in [1.807, 2.05) is 0 Å². The third-order valence-electron chi connectivity index (χ3n) is 4.55. The van der Waals surface area contributed by atoms with Gasteiger partial charge in [-0.3, -0.25) is 0 Å². The van der Waals surface area contributed by atoms with Gasteiger partial charge in [-0.2, -0.15) is 0 Å². The van der Waals surface area contributed by atoms with Crippen molar-refractivity contribution < 1.29 is 5.32 Å². The van der Waals surface area contributed by atoms with Crippen LogP contribution in [-0.2, 0) is 6.54 Å². The van der Waals surface area contributed by atoms with Gasteiger partial charge in [0.2, 0.25) is 0 Å². The SMILES string of the molecule is Cc1ccc(C[NH2+][C@@H]2CCC[C@@H](C)[C@@H]2C)cc1. The summed E-state index contributed by atoms with van der Waals surface area (Å²) in [6.45, 7) is 8.14. The lowest BCUT2D eigenvalue weighted by atomic mass is 9.78. The molecule has 0 aliphatic heterocycles. The van der Waals surface area contributed by atoms with Crippen molar-refractivity contribution in [3.05, 3.63) is 35.4 Å². The molecule has 0 spiro atoms. The molecule has 1 fully saturated rings. The van der Waals surface area contributed by atoms with Crippen LogP contribution in [-0.4, -0.2) is 6.04 Å². The van der Waals surface area contributed by atoms with Gasteiger partial charge in [0.25, 0.3) is 0 Å². The largest absolute Gasteiger partial charge is 0.340 e. The molecule has 1 heteroatoms. The molecule has 1 aromatic rings. The maximum absolute atomic E-state index is 2.56. The van der Waals surface area contributed by atoms with Gasteiger partial charge in [-0.15, -0.1) is 0 Å². The minimum Gasteiger partial charge on any atom is -0.340 e. The maximum atomic E-state index is 2.56. The highest BCUT2D eigenvalue weighted by Crippen LogP contribution is 2.27. The Balaban J connectivity index is 1.87. The predicted molar refractivity (Wildman–Crippen MR) is 72.8 cm³/mol. The van der Waals surface area contributed by atoms with Crippen LogP contribution in [0.15, 0.2) is 24.3 Å². The van der Waals surface area contributed by atoms with Crippen LogP contribution in [0.3, 0.4) is 0 Å². The lowest BCUT2D eigenvalue weighted by Gasteiger charge is -2.32. The molecule has 1 saturated carbocycles. The van der Waals surface area contributed by atoms with Gasteiger partial charge in [-0.1, -0.05) is 43.7 Å². The van der Waals surface area contributed by atoms with E-state index in [4.69, 9.17) is 0 Å². The van der Waals surface area contributed by atoms with E-state index >= 15 is 0 Å². The number of benzene rings is 1. The van der Waals surface area contributed by atoms with Crippen LogP contribution in [0, 0.1) is 18.8 Å². The molecule has 0 bridgehead atoms. The van der Waals surface area contributed by atoms with Crippen LogP contribution in [0.1, 0.15) is 44.2 Å². The highest BCUT2D eigenvalue weighted by atomic mass is 14.9. The van der Waals surface area contributed by atoms with Gasteiger partial charge in [-0.05, 0) is 32.1 Å². The maximum Gasteiger partial charge on any atom is 0.101 e. The zero-order valence-electron chi connectivity index (χ0n) is 11.4. The minimum absolute atomic E-state index is 0.833. The number of nitrogens with two attached hydrogens (primary N) is 1. The summed E-state index contributed by atoms with van der Waals surface area (Å²) in [5.74, 6) is 1.78. The van der Waals surface area contributed by atoms with Crippen LogP contribution < -0.4 is 5.32 Å². The topological polar surface area (TPSA) is 16.6 Å². The van der Waals surface area contributed by atoms with E-state index in [1.165, 1.54) is 30.4 Å². The average Bonchev–Trinajstić information content (AvgIpc) is 2.33. The number of aryl methyl sites for hydroxylation is 1. The third-order valence-corrected chi connectivity index (χ3v) is 4.55. The van der Waals surface area contributed by atoms with Gasteiger partial charge in [-0.25, -0.2) is 0 Å². The first-order chi connectivity index (χ1) is 8.16. The van der Waals surface area contributed by atoms with E-state index in [1.54, 1.807) is 0 Å². The molecule has 2 rings (SSSR count). The highest BCUT2D eigenvalue weighted by Gasteiger charge is 2.29. The molecule has 1 aromatic carbocycles. The molecule has 0 heterocycles. The molecule has 1 nitrogen and oxygen atoms in total. The van der Waals surface area contributed by atoms with E-state index < -0.39 is 0 Å². The Morgan fingerprint density at radius 2 is 1.82 bits per heavy atom. The van der Waals surface area contributed by atoms with Crippen molar-refractivity contribution >= 4 is 0 Å². The Morgan fingerprint density at radius 1 is 1.12 bits per heavy atom. The second-order valence-corrected chi connectivity index (χ2v) is 5.86. The van der Waals surface area contributed by atoms with Crippen molar-refractivity contribution in [3.8, 4) is 0 Å². The van der Waals surface area contributed by atoms with Gasteiger partial charge in [0.05, 0.1) is 6.04 Å². The Morgan fingerprint density at radius 3 is 2.53 bits per heavy atom. The summed E-state index contributed by atoms with van der Waals surface area (Å²) in [7, 11) is 0. The fourth-order valence-corrected chi connectivity index (χ4v) is 2.97. The zero-order valence-corrected chi connectivity index (χ0v) is 11.4. The smallest absolute Gasteiger partial charge is 0.101 e. The van der Waals surface area contributed by atoms with Crippen LogP contribution in [0.4, 0.5) is 0 Å². The highest BCUT2D eigenvalue weighted by molar-refractivity contribution is 5.20. The second kappa shape index (κ2) is 5.68. The van der Waals surface area contributed by atoms with Crippen LogP contribution in [0.2, 0.25) is 0 Å². The van der Waals surface area contributed by atoms with E-state index in [9.17, 15) is 0 Å². The van der Waals surface area contributed by atoms with Gasteiger partial charge in [0.1, 0.15) is 6.54 Å². The molecule has 3 atom stereocenters. The molecule has 1 aliphatic rings. The normalized spacial score (nSPS) is 29.2. The first kappa shape index (κ1) is 12.6. The lowest BCUT2D eigenvalue weighted by molar-refractivity contribution is -0.713. The van der Waals surface area contributed by atoms with Gasteiger partial charge >= 0.3 is 0 Å². The molecule has 94 valence electrons. The molecule has 2 N–H and O–H groups in total.